The highest BCUT2D eigenvalue weighted by Crippen LogP contribution is 2.44. The summed E-state index contributed by atoms with van der Waals surface area (Å²) >= 11 is 0. The molecule has 0 aromatic rings. The van der Waals surface area contributed by atoms with Gasteiger partial charge < -0.3 is 10.4 Å². The summed E-state index contributed by atoms with van der Waals surface area (Å²) in [4.78, 5) is 0. The molecule has 14 heavy (non-hydrogen) atoms. The zero-order chi connectivity index (χ0) is 10.1. The van der Waals surface area contributed by atoms with Gasteiger partial charge in [-0.1, -0.05) is 0 Å². The Kier molecular flexibility index (Phi) is 3.02. The predicted molar refractivity (Wildman–Crippen MR) is 49.2 cm³/mol. The molecule has 2 nitrogen and oxygen atoms in total. The first-order chi connectivity index (χ1) is 6.68. The Bertz CT molecular complexity index is 181. The number of aliphatic hydroxyl groups is 1. The maximum Gasteiger partial charge on any atom is 0.265 e. The molecule has 2 aliphatic carbocycles. The third-order valence-corrected chi connectivity index (χ3v) is 3.11. The fourth-order valence-corrected chi connectivity index (χ4v) is 1.97. The van der Waals surface area contributed by atoms with E-state index in [9.17, 15) is 8.78 Å². The fourth-order valence-electron chi connectivity index (χ4n) is 1.97. The Morgan fingerprint density at radius 2 is 1.64 bits per heavy atom. The van der Waals surface area contributed by atoms with E-state index in [-0.39, 0.29) is 6.54 Å². The summed E-state index contributed by atoms with van der Waals surface area (Å²) in [5, 5.41) is 12.1. The summed E-state index contributed by atoms with van der Waals surface area (Å²) < 4.78 is 24.0. The molecule has 4 heteroatoms. The van der Waals surface area contributed by atoms with Gasteiger partial charge in [0.25, 0.3) is 6.43 Å². The summed E-state index contributed by atoms with van der Waals surface area (Å²) in [7, 11) is 0. The van der Waals surface area contributed by atoms with Crippen LogP contribution >= 0.6 is 0 Å². The number of hydrogen-bond acceptors (Lipinski definition) is 2. The minimum absolute atomic E-state index is 0.0370. The molecule has 0 aliphatic heterocycles. The second kappa shape index (κ2) is 4.11. The molecule has 0 bridgehead atoms. The number of nitrogens with one attached hydrogen (secondary N) is 1. The van der Waals surface area contributed by atoms with Crippen LogP contribution in [0.4, 0.5) is 8.78 Å². The van der Waals surface area contributed by atoms with Gasteiger partial charge in [0.15, 0.2) is 0 Å². The summed E-state index contributed by atoms with van der Waals surface area (Å²) in [5.41, 5.74) is 0. The maximum absolute atomic E-state index is 12.0. The van der Waals surface area contributed by atoms with Gasteiger partial charge in [-0.05, 0) is 37.5 Å². The monoisotopic (exact) mass is 205 g/mol. The summed E-state index contributed by atoms with van der Waals surface area (Å²) in [6.45, 7) is 0.0370. The van der Waals surface area contributed by atoms with Crippen molar-refractivity contribution in [1.29, 1.82) is 0 Å². The third kappa shape index (κ3) is 2.64. The van der Waals surface area contributed by atoms with E-state index in [4.69, 9.17) is 5.11 Å². The Balaban J connectivity index is 1.71. The Labute approximate surface area is 82.7 Å². The van der Waals surface area contributed by atoms with Crippen LogP contribution in [0.2, 0.25) is 0 Å². The zero-order valence-electron chi connectivity index (χ0n) is 8.13. The minimum Gasteiger partial charge on any atom is -0.386 e. The lowest BCUT2D eigenvalue weighted by Gasteiger charge is -2.19. The number of alkyl halides is 2. The lowest BCUT2D eigenvalue weighted by Crippen LogP contribution is -2.40. The van der Waals surface area contributed by atoms with Gasteiger partial charge in [-0.25, -0.2) is 8.78 Å². The summed E-state index contributed by atoms with van der Waals surface area (Å²) in [6.07, 6.45) is 0.756. The SMILES string of the molecule is OC(CNC(C1CC1)C1CC1)C(F)F. The molecule has 1 unspecified atom stereocenters. The Morgan fingerprint density at radius 3 is 2.00 bits per heavy atom. The van der Waals surface area contributed by atoms with Crippen LogP contribution in [0.5, 0.6) is 0 Å². The summed E-state index contributed by atoms with van der Waals surface area (Å²) in [5.74, 6) is 1.37. The van der Waals surface area contributed by atoms with Gasteiger partial charge in [0.1, 0.15) is 6.10 Å². The smallest absolute Gasteiger partial charge is 0.265 e. The number of rotatable bonds is 6. The van der Waals surface area contributed by atoms with Gasteiger partial charge in [-0.2, -0.15) is 0 Å². The van der Waals surface area contributed by atoms with Crippen molar-refractivity contribution in [3.63, 3.8) is 0 Å². The molecule has 2 fully saturated rings. The van der Waals surface area contributed by atoms with Crippen molar-refractivity contribution >= 4 is 0 Å². The van der Waals surface area contributed by atoms with E-state index in [1.54, 1.807) is 0 Å². The molecule has 0 aromatic carbocycles. The molecule has 0 aromatic heterocycles. The van der Waals surface area contributed by atoms with Crippen molar-refractivity contribution in [2.24, 2.45) is 11.8 Å². The van der Waals surface area contributed by atoms with Gasteiger partial charge >= 0.3 is 0 Å². The highest BCUT2D eigenvalue weighted by Gasteiger charge is 2.41. The van der Waals surface area contributed by atoms with Gasteiger partial charge in [-0.3, -0.25) is 0 Å². The number of aliphatic hydroxyl groups excluding tert-OH is 1. The average molecular weight is 205 g/mol. The first-order valence-electron chi connectivity index (χ1n) is 5.38. The number of hydrogen-bond donors (Lipinski definition) is 2. The van der Waals surface area contributed by atoms with Crippen LogP contribution < -0.4 is 5.32 Å². The van der Waals surface area contributed by atoms with Crippen LogP contribution in [0.25, 0.3) is 0 Å². The van der Waals surface area contributed by atoms with Crippen LogP contribution in [0.15, 0.2) is 0 Å². The predicted octanol–water partition coefficient (Wildman–Crippen LogP) is 1.39. The van der Waals surface area contributed by atoms with E-state index in [1.165, 1.54) is 25.7 Å². The van der Waals surface area contributed by atoms with Gasteiger partial charge in [-0.15, -0.1) is 0 Å². The Hall–Kier alpha value is -0.220. The highest BCUT2D eigenvalue weighted by molar-refractivity contribution is 4.96. The molecule has 0 spiro atoms. The summed E-state index contributed by atoms with van der Waals surface area (Å²) in [6, 6.07) is 0.392. The largest absolute Gasteiger partial charge is 0.386 e. The van der Waals surface area contributed by atoms with Gasteiger partial charge in [0.05, 0.1) is 0 Å². The van der Waals surface area contributed by atoms with Crippen LogP contribution in [-0.2, 0) is 0 Å². The fraction of sp³-hybridized carbons (Fsp3) is 1.00. The molecule has 2 rings (SSSR count). The maximum atomic E-state index is 12.0. The quantitative estimate of drug-likeness (QED) is 0.686. The van der Waals surface area contributed by atoms with Crippen LogP contribution in [-0.4, -0.2) is 30.2 Å². The lowest BCUT2D eigenvalue weighted by molar-refractivity contribution is -0.00533. The van der Waals surface area contributed by atoms with E-state index >= 15 is 0 Å². The van der Waals surface area contributed by atoms with E-state index < -0.39 is 12.5 Å². The molecular weight excluding hydrogens is 188 g/mol. The van der Waals surface area contributed by atoms with E-state index in [0.717, 1.165) is 0 Å². The van der Waals surface area contributed by atoms with E-state index in [1.807, 2.05) is 0 Å². The molecule has 0 saturated heterocycles. The standard InChI is InChI=1S/C10H17F2NO/c11-10(12)8(14)5-13-9(6-1-2-6)7-3-4-7/h6-10,13-14H,1-5H2. The molecule has 0 amide bonds. The number of halogens is 2. The molecule has 82 valence electrons. The molecule has 2 saturated carbocycles. The van der Waals surface area contributed by atoms with E-state index in [2.05, 4.69) is 5.32 Å². The zero-order valence-corrected chi connectivity index (χ0v) is 8.13. The second-order valence-electron chi connectivity index (χ2n) is 4.51. The van der Waals surface area contributed by atoms with E-state index in [0.29, 0.717) is 17.9 Å². The average Bonchev–Trinajstić information content (AvgIpc) is 2.99. The van der Waals surface area contributed by atoms with Crippen LogP contribution in [0.1, 0.15) is 25.7 Å². The molecule has 0 heterocycles. The molecule has 2 N–H and O–H groups in total. The van der Waals surface area contributed by atoms with Crippen molar-refractivity contribution in [3.05, 3.63) is 0 Å². The second-order valence-corrected chi connectivity index (χ2v) is 4.51. The topological polar surface area (TPSA) is 32.3 Å². The van der Waals surface area contributed by atoms with Crippen molar-refractivity contribution < 1.29 is 13.9 Å². The Morgan fingerprint density at radius 1 is 1.14 bits per heavy atom. The van der Waals surface area contributed by atoms with Crippen molar-refractivity contribution in [2.45, 2.75) is 44.3 Å². The highest BCUT2D eigenvalue weighted by atomic mass is 19.3. The molecular formula is C10H17F2NO. The van der Waals surface area contributed by atoms with Gasteiger partial charge in [0.2, 0.25) is 0 Å². The molecule has 0 radical (unpaired) electrons. The first-order valence-corrected chi connectivity index (χ1v) is 5.38. The minimum atomic E-state index is -2.62. The third-order valence-electron chi connectivity index (χ3n) is 3.11. The van der Waals surface area contributed by atoms with Crippen molar-refractivity contribution in [3.8, 4) is 0 Å². The van der Waals surface area contributed by atoms with Crippen molar-refractivity contribution in [2.75, 3.05) is 6.54 Å². The first kappa shape index (κ1) is 10.3. The van der Waals surface area contributed by atoms with Crippen LogP contribution in [0, 0.1) is 11.8 Å². The van der Waals surface area contributed by atoms with Gasteiger partial charge in [0, 0.05) is 12.6 Å². The van der Waals surface area contributed by atoms with Crippen molar-refractivity contribution in [1.82, 2.24) is 5.32 Å². The lowest BCUT2D eigenvalue weighted by atomic mass is 10.1. The molecule has 1 atom stereocenters. The van der Waals surface area contributed by atoms with Crippen LogP contribution in [0.3, 0.4) is 0 Å². The normalized spacial score (nSPS) is 24.6. The molecule has 2 aliphatic rings.